The van der Waals surface area contributed by atoms with Crippen LogP contribution in [0.5, 0.6) is 0 Å². The van der Waals surface area contributed by atoms with Gasteiger partial charge in [0.1, 0.15) is 24.0 Å². The molecule has 1 aromatic heterocycles. The summed E-state index contributed by atoms with van der Waals surface area (Å²) in [6.45, 7) is 3.49. The second-order valence-corrected chi connectivity index (χ2v) is 8.61. The first kappa shape index (κ1) is 22.3. The van der Waals surface area contributed by atoms with Gasteiger partial charge in [0.2, 0.25) is 5.78 Å². The lowest BCUT2D eigenvalue weighted by Gasteiger charge is -2.23. The third-order valence-corrected chi connectivity index (χ3v) is 5.78. The van der Waals surface area contributed by atoms with E-state index in [1.165, 1.54) is 22.9 Å². The molecule has 0 amide bonds. The van der Waals surface area contributed by atoms with Crippen LogP contribution < -0.4 is 0 Å². The third kappa shape index (κ3) is 3.99. The number of aliphatic hydroxyl groups is 1. The van der Waals surface area contributed by atoms with E-state index in [-0.39, 0.29) is 29.4 Å². The second kappa shape index (κ2) is 8.37. The van der Waals surface area contributed by atoms with Crippen LogP contribution in [-0.4, -0.2) is 61.2 Å². The van der Waals surface area contributed by atoms with Crippen LogP contribution in [-0.2, 0) is 20.8 Å². The van der Waals surface area contributed by atoms with Gasteiger partial charge in [0.05, 0.1) is 11.5 Å². The van der Waals surface area contributed by atoms with Gasteiger partial charge in [-0.15, -0.1) is 5.10 Å². The summed E-state index contributed by atoms with van der Waals surface area (Å²) in [7, 11) is 0. The van der Waals surface area contributed by atoms with Gasteiger partial charge in [-0.25, -0.2) is 4.68 Å². The maximum atomic E-state index is 13.2. The molecule has 2 aliphatic heterocycles. The van der Waals surface area contributed by atoms with Crippen molar-refractivity contribution < 1.29 is 29.0 Å². The van der Waals surface area contributed by atoms with Crippen LogP contribution in [0.2, 0.25) is 0 Å². The van der Waals surface area contributed by atoms with E-state index in [1.54, 1.807) is 50.2 Å². The molecule has 2 aliphatic rings. The summed E-state index contributed by atoms with van der Waals surface area (Å²) in [5.74, 6) is -1.26. The molecule has 1 N–H and O–H groups in total. The molecule has 3 heterocycles. The van der Waals surface area contributed by atoms with Gasteiger partial charge < -0.3 is 19.3 Å². The Hall–Kier alpha value is -3.51. The van der Waals surface area contributed by atoms with E-state index in [0.29, 0.717) is 11.1 Å². The molecule has 0 unspecified atom stereocenters. The summed E-state index contributed by atoms with van der Waals surface area (Å²) >= 11 is 0. The van der Waals surface area contributed by atoms with Crippen molar-refractivity contribution in [1.29, 1.82) is 0 Å². The van der Waals surface area contributed by atoms with E-state index in [4.69, 9.17) is 14.2 Å². The molecule has 34 heavy (non-hydrogen) atoms. The maximum absolute atomic E-state index is 13.2. The van der Waals surface area contributed by atoms with Gasteiger partial charge in [-0.3, -0.25) is 14.9 Å². The number of aliphatic hydroxyl groups excluding tert-OH is 1. The lowest BCUT2D eigenvalue weighted by molar-refractivity contribution is -0.384. The Balaban J connectivity index is 1.52. The topological polar surface area (TPSA) is 139 Å². The monoisotopic (exact) mass is 466 g/mol. The van der Waals surface area contributed by atoms with Gasteiger partial charge in [0.25, 0.3) is 5.69 Å². The van der Waals surface area contributed by atoms with Gasteiger partial charge in [-0.2, -0.15) is 0 Å². The van der Waals surface area contributed by atoms with Crippen LogP contribution in [0.15, 0.2) is 54.6 Å². The fraction of sp³-hybridized carbons (Fsp3) is 0.348. The Labute approximate surface area is 194 Å². The summed E-state index contributed by atoms with van der Waals surface area (Å²) in [6.07, 6.45) is -3.19. The van der Waals surface area contributed by atoms with Gasteiger partial charge in [0.15, 0.2) is 17.8 Å². The minimum atomic E-state index is -1.01. The van der Waals surface area contributed by atoms with Crippen molar-refractivity contribution in [2.75, 3.05) is 0 Å². The number of ether oxygens (including phenoxy) is 3. The van der Waals surface area contributed by atoms with Crippen molar-refractivity contribution in [3.05, 3.63) is 76.0 Å². The number of fused-ring (bicyclic) bond motifs is 1. The highest BCUT2D eigenvalue weighted by Crippen LogP contribution is 2.38. The Morgan fingerprint density at radius 2 is 1.94 bits per heavy atom. The highest BCUT2D eigenvalue weighted by Gasteiger charge is 2.54. The first-order valence-electron chi connectivity index (χ1n) is 10.7. The molecular weight excluding hydrogens is 444 g/mol. The molecule has 4 atom stereocenters. The molecule has 0 spiro atoms. The molecule has 2 fully saturated rings. The molecule has 11 nitrogen and oxygen atoms in total. The average molecular weight is 466 g/mol. The van der Waals surface area contributed by atoms with Crippen LogP contribution in [0.4, 0.5) is 5.69 Å². The summed E-state index contributed by atoms with van der Waals surface area (Å²) < 4.78 is 18.7. The number of hydrogen-bond donors (Lipinski definition) is 1. The first-order chi connectivity index (χ1) is 16.2. The molecular formula is C23H22N4O7. The number of rotatable bonds is 6. The number of non-ortho nitro benzene ring substituents is 1. The zero-order valence-corrected chi connectivity index (χ0v) is 18.4. The van der Waals surface area contributed by atoms with Gasteiger partial charge >= 0.3 is 0 Å². The van der Waals surface area contributed by atoms with Crippen molar-refractivity contribution in [2.24, 2.45) is 0 Å². The number of nitro benzene ring substituents is 1. The van der Waals surface area contributed by atoms with Crippen molar-refractivity contribution in [2.45, 2.75) is 50.8 Å². The molecule has 3 aromatic rings. The van der Waals surface area contributed by atoms with Crippen LogP contribution in [0.1, 0.15) is 29.9 Å². The zero-order chi connectivity index (χ0) is 24.0. The molecule has 2 saturated heterocycles. The Morgan fingerprint density at radius 1 is 1.18 bits per heavy atom. The number of nitro groups is 1. The third-order valence-electron chi connectivity index (χ3n) is 5.78. The van der Waals surface area contributed by atoms with E-state index in [0.717, 1.165) is 0 Å². The number of benzene rings is 2. The smallest absolute Gasteiger partial charge is 0.270 e. The fourth-order valence-electron chi connectivity index (χ4n) is 4.25. The highest BCUT2D eigenvalue weighted by molar-refractivity contribution is 6.11. The second-order valence-electron chi connectivity index (χ2n) is 8.61. The SMILES string of the molecule is CC1(C)O[C@H]2O[C@H](Cn3nnc(C(=O)c4ccccc4)c3-c3cccc([N+](=O)[O-])c3)[C@H](O)[C@H]2O1. The van der Waals surface area contributed by atoms with Crippen molar-refractivity contribution in [3.8, 4) is 11.3 Å². The average Bonchev–Trinajstić information content (AvgIpc) is 3.45. The normalized spacial score (nSPS) is 25.3. The number of carbonyl (C=O) groups is 1. The lowest BCUT2D eigenvalue weighted by Crippen LogP contribution is -2.36. The van der Waals surface area contributed by atoms with Crippen molar-refractivity contribution in [3.63, 3.8) is 0 Å². The highest BCUT2D eigenvalue weighted by atomic mass is 16.8. The molecule has 11 heteroatoms. The van der Waals surface area contributed by atoms with Crippen LogP contribution in [0, 0.1) is 10.1 Å². The van der Waals surface area contributed by atoms with Gasteiger partial charge in [0, 0.05) is 23.3 Å². The summed E-state index contributed by atoms with van der Waals surface area (Å²) in [6, 6.07) is 14.4. The fourth-order valence-corrected chi connectivity index (χ4v) is 4.25. The van der Waals surface area contributed by atoms with Crippen LogP contribution in [0.3, 0.4) is 0 Å². The van der Waals surface area contributed by atoms with E-state index < -0.39 is 35.3 Å². The Kier molecular flexibility index (Phi) is 5.48. The number of hydrogen-bond acceptors (Lipinski definition) is 9. The molecule has 5 rings (SSSR count). The number of carbonyl (C=O) groups excluding carboxylic acids is 1. The van der Waals surface area contributed by atoms with Crippen molar-refractivity contribution >= 4 is 11.5 Å². The molecule has 0 bridgehead atoms. The maximum Gasteiger partial charge on any atom is 0.270 e. The van der Waals surface area contributed by atoms with E-state index in [9.17, 15) is 20.0 Å². The molecule has 176 valence electrons. The first-order valence-corrected chi connectivity index (χ1v) is 10.7. The number of nitrogens with zero attached hydrogens (tertiary/aromatic N) is 4. The Morgan fingerprint density at radius 3 is 2.65 bits per heavy atom. The quantitative estimate of drug-likeness (QED) is 0.329. The lowest BCUT2D eigenvalue weighted by atomic mass is 10.0. The molecule has 0 saturated carbocycles. The molecule has 0 aliphatic carbocycles. The Bertz CT molecular complexity index is 1240. The summed E-state index contributed by atoms with van der Waals surface area (Å²) in [4.78, 5) is 24.1. The minimum Gasteiger partial charge on any atom is -0.387 e. The van der Waals surface area contributed by atoms with Crippen molar-refractivity contribution in [1.82, 2.24) is 15.0 Å². The van der Waals surface area contributed by atoms with E-state index in [2.05, 4.69) is 10.3 Å². The van der Waals surface area contributed by atoms with Gasteiger partial charge in [-0.05, 0) is 13.8 Å². The van der Waals surface area contributed by atoms with Crippen LogP contribution >= 0.6 is 0 Å². The largest absolute Gasteiger partial charge is 0.387 e. The van der Waals surface area contributed by atoms with Crippen LogP contribution in [0.25, 0.3) is 11.3 Å². The molecule has 0 radical (unpaired) electrons. The minimum absolute atomic E-state index is 0.0222. The molecule has 2 aromatic carbocycles. The number of ketones is 1. The standard InChI is InChI=1S/C23H22N4O7/c1-23(2)33-21-20(29)16(32-22(21)34-23)12-26-18(14-9-6-10-15(11-14)27(30)31)17(24-25-26)19(28)13-7-4-3-5-8-13/h3-11,16,20-22,29H,12H2,1-2H3/t16-,20+,21-,22-/m1/s1. The summed E-state index contributed by atoms with van der Waals surface area (Å²) in [5, 5.41) is 30.4. The summed E-state index contributed by atoms with van der Waals surface area (Å²) in [5.41, 5.74) is 0.969. The predicted octanol–water partition coefficient (Wildman–Crippen LogP) is 2.32. The van der Waals surface area contributed by atoms with E-state index in [1.807, 2.05) is 0 Å². The predicted molar refractivity (Wildman–Crippen MR) is 117 cm³/mol. The van der Waals surface area contributed by atoms with E-state index >= 15 is 0 Å². The number of aromatic nitrogens is 3. The van der Waals surface area contributed by atoms with Gasteiger partial charge in [-0.1, -0.05) is 47.7 Å². The zero-order valence-electron chi connectivity index (χ0n) is 18.4.